The highest BCUT2D eigenvalue weighted by Gasteiger charge is 2.34. The fourth-order valence-corrected chi connectivity index (χ4v) is 4.53. The molecule has 0 radical (unpaired) electrons. The van der Waals surface area contributed by atoms with E-state index in [1.165, 1.54) is 12.1 Å². The Balaban J connectivity index is 1.39. The zero-order chi connectivity index (χ0) is 26.9. The standard InChI is InChI=1S/C27H18BrClF3N5O/c28-21-15-34-37-24(13-23(36-25(21)37)19-9-2-4-11-22(19)29)33-14-16-6-5-7-17(12-16)35-26(38)18-8-1-3-10-20(18)27(30,31)32/h1-13,15,33H,14H2,(H,35,38). The third-order valence-electron chi connectivity index (χ3n) is 5.71. The first-order valence-corrected chi connectivity index (χ1v) is 12.5. The van der Waals surface area contributed by atoms with Gasteiger partial charge >= 0.3 is 6.18 Å². The van der Waals surface area contributed by atoms with Gasteiger partial charge in [-0.2, -0.15) is 22.8 Å². The van der Waals surface area contributed by atoms with Crippen LogP contribution in [0.2, 0.25) is 5.02 Å². The van der Waals surface area contributed by atoms with E-state index >= 15 is 0 Å². The van der Waals surface area contributed by atoms with Gasteiger partial charge in [-0.1, -0.05) is 54.1 Å². The van der Waals surface area contributed by atoms with E-state index in [0.29, 0.717) is 38.9 Å². The summed E-state index contributed by atoms with van der Waals surface area (Å²) in [5, 5.41) is 10.8. The molecule has 5 rings (SSSR count). The molecule has 2 N–H and O–H groups in total. The largest absolute Gasteiger partial charge is 0.417 e. The minimum Gasteiger partial charge on any atom is -0.366 e. The minimum atomic E-state index is -4.64. The number of halogens is 5. The SMILES string of the molecule is O=C(Nc1cccc(CNc2cc(-c3ccccc3Cl)nc3c(Br)cnn23)c1)c1ccccc1C(F)(F)F. The summed E-state index contributed by atoms with van der Waals surface area (Å²) in [4.78, 5) is 17.3. The lowest BCUT2D eigenvalue weighted by atomic mass is 10.1. The number of benzene rings is 3. The highest BCUT2D eigenvalue weighted by Crippen LogP contribution is 2.33. The summed E-state index contributed by atoms with van der Waals surface area (Å²) >= 11 is 9.87. The molecular formula is C27H18BrClF3N5O. The van der Waals surface area contributed by atoms with Gasteiger partial charge < -0.3 is 10.6 Å². The van der Waals surface area contributed by atoms with E-state index < -0.39 is 23.2 Å². The first-order valence-electron chi connectivity index (χ1n) is 11.3. The zero-order valence-electron chi connectivity index (χ0n) is 19.4. The van der Waals surface area contributed by atoms with Crippen molar-refractivity contribution in [2.75, 3.05) is 10.6 Å². The van der Waals surface area contributed by atoms with E-state index in [-0.39, 0.29) is 0 Å². The summed E-state index contributed by atoms with van der Waals surface area (Å²) in [5.41, 5.74) is 1.71. The van der Waals surface area contributed by atoms with Crippen molar-refractivity contribution in [1.29, 1.82) is 0 Å². The highest BCUT2D eigenvalue weighted by atomic mass is 79.9. The number of nitrogens with one attached hydrogen (secondary N) is 2. The molecule has 3 aromatic carbocycles. The van der Waals surface area contributed by atoms with Gasteiger partial charge in [0, 0.05) is 28.9 Å². The molecule has 0 unspecified atom stereocenters. The summed E-state index contributed by atoms with van der Waals surface area (Å²) < 4.78 is 42.4. The first-order chi connectivity index (χ1) is 18.2. The minimum absolute atomic E-state index is 0.335. The number of carbonyl (C=O) groups excluding carboxylic acids is 1. The van der Waals surface area contributed by atoms with Crippen molar-refractivity contribution in [2.24, 2.45) is 0 Å². The number of aromatic nitrogens is 3. The summed E-state index contributed by atoms with van der Waals surface area (Å²) in [5.74, 6) is -0.200. The lowest BCUT2D eigenvalue weighted by molar-refractivity contribution is -0.137. The number of amides is 1. The maximum absolute atomic E-state index is 13.3. The molecule has 0 saturated heterocycles. The van der Waals surface area contributed by atoms with Crippen molar-refractivity contribution in [3.05, 3.63) is 111 Å². The Hall–Kier alpha value is -3.89. The average Bonchev–Trinajstić information content (AvgIpc) is 3.28. The van der Waals surface area contributed by atoms with Gasteiger partial charge in [0.1, 0.15) is 5.82 Å². The van der Waals surface area contributed by atoms with Gasteiger partial charge in [0.05, 0.1) is 27.5 Å². The van der Waals surface area contributed by atoms with E-state index in [1.807, 2.05) is 30.3 Å². The van der Waals surface area contributed by atoms with E-state index in [9.17, 15) is 18.0 Å². The van der Waals surface area contributed by atoms with Crippen molar-refractivity contribution in [1.82, 2.24) is 14.6 Å². The van der Waals surface area contributed by atoms with E-state index in [2.05, 4.69) is 36.6 Å². The molecule has 38 heavy (non-hydrogen) atoms. The second-order valence-corrected chi connectivity index (χ2v) is 9.55. The van der Waals surface area contributed by atoms with Gasteiger partial charge in [0.25, 0.3) is 5.91 Å². The second kappa shape index (κ2) is 10.5. The van der Waals surface area contributed by atoms with Crippen LogP contribution in [0.15, 0.2) is 89.5 Å². The first kappa shape index (κ1) is 25.7. The lowest BCUT2D eigenvalue weighted by Crippen LogP contribution is -2.18. The molecule has 0 bridgehead atoms. The van der Waals surface area contributed by atoms with Crippen molar-refractivity contribution >= 4 is 50.6 Å². The van der Waals surface area contributed by atoms with Crippen molar-refractivity contribution in [3.8, 4) is 11.3 Å². The van der Waals surface area contributed by atoms with Crippen molar-refractivity contribution in [3.63, 3.8) is 0 Å². The molecule has 1 amide bonds. The number of hydrogen-bond acceptors (Lipinski definition) is 4. The molecule has 0 fully saturated rings. The maximum atomic E-state index is 13.3. The Morgan fingerprint density at radius 2 is 1.76 bits per heavy atom. The van der Waals surface area contributed by atoms with Gasteiger partial charge in [-0.15, -0.1) is 0 Å². The van der Waals surface area contributed by atoms with Gasteiger partial charge in [0.2, 0.25) is 0 Å². The molecule has 0 spiro atoms. The third-order valence-corrected chi connectivity index (χ3v) is 6.60. The number of anilines is 2. The molecule has 6 nitrogen and oxygen atoms in total. The Kier molecular flexibility index (Phi) is 7.09. The normalized spacial score (nSPS) is 11.5. The molecule has 2 heterocycles. The quantitative estimate of drug-likeness (QED) is 0.210. The number of hydrogen-bond donors (Lipinski definition) is 2. The van der Waals surface area contributed by atoms with Crippen LogP contribution in [-0.4, -0.2) is 20.5 Å². The van der Waals surface area contributed by atoms with E-state index in [4.69, 9.17) is 11.6 Å². The van der Waals surface area contributed by atoms with Gasteiger partial charge in [-0.3, -0.25) is 4.79 Å². The highest BCUT2D eigenvalue weighted by molar-refractivity contribution is 9.10. The molecule has 0 saturated carbocycles. The Labute approximate surface area is 228 Å². The summed E-state index contributed by atoms with van der Waals surface area (Å²) in [6.07, 6.45) is -3.00. The third kappa shape index (κ3) is 5.36. The predicted molar refractivity (Wildman–Crippen MR) is 144 cm³/mol. The van der Waals surface area contributed by atoms with Crippen LogP contribution < -0.4 is 10.6 Å². The molecule has 0 atom stereocenters. The lowest BCUT2D eigenvalue weighted by Gasteiger charge is -2.14. The maximum Gasteiger partial charge on any atom is 0.417 e. The smallest absolute Gasteiger partial charge is 0.366 e. The van der Waals surface area contributed by atoms with Crippen LogP contribution in [0.4, 0.5) is 24.7 Å². The Bertz CT molecular complexity index is 1650. The van der Waals surface area contributed by atoms with Crippen LogP contribution in [0, 0.1) is 0 Å². The number of nitrogens with zero attached hydrogens (tertiary/aromatic N) is 3. The number of fused-ring (bicyclic) bond motifs is 1. The fraction of sp³-hybridized carbons (Fsp3) is 0.0741. The van der Waals surface area contributed by atoms with Gasteiger partial charge in [-0.25, -0.2) is 4.98 Å². The van der Waals surface area contributed by atoms with Crippen LogP contribution in [-0.2, 0) is 12.7 Å². The van der Waals surface area contributed by atoms with Crippen LogP contribution in [0.3, 0.4) is 0 Å². The number of alkyl halides is 3. The summed E-state index contributed by atoms with van der Waals surface area (Å²) in [7, 11) is 0. The Morgan fingerprint density at radius 3 is 2.55 bits per heavy atom. The number of carbonyl (C=O) groups is 1. The van der Waals surface area contributed by atoms with E-state index in [1.54, 1.807) is 35.0 Å². The van der Waals surface area contributed by atoms with Gasteiger partial charge in [-0.05, 0) is 51.8 Å². The molecule has 5 aromatic rings. The monoisotopic (exact) mass is 599 g/mol. The van der Waals surface area contributed by atoms with Crippen molar-refractivity contribution < 1.29 is 18.0 Å². The summed E-state index contributed by atoms with van der Waals surface area (Å²) in [6, 6.07) is 20.7. The molecule has 192 valence electrons. The molecule has 0 aliphatic rings. The number of rotatable bonds is 6. The van der Waals surface area contributed by atoms with Crippen LogP contribution in [0.25, 0.3) is 16.9 Å². The predicted octanol–water partition coefficient (Wildman–Crippen LogP) is 7.70. The van der Waals surface area contributed by atoms with Crippen LogP contribution in [0.5, 0.6) is 0 Å². The molecular weight excluding hydrogens is 583 g/mol. The topological polar surface area (TPSA) is 71.3 Å². The molecule has 0 aliphatic heterocycles. The zero-order valence-corrected chi connectivity index (χ0v) is 21.8. The van der Waals surface area contributed by atoms with Crippen LogP contribution >= 0.6 is 27.5 Å². The molecule has 2 aromatic heterocycles. The molecule has 11 heteroatoms. The summed E-state index contributed by atoms with van der Waals surface area (Å²) in [6.45, 7) is 0.335. The van der Waals surface area contributed by atoms with E-state index in [0.717, 1.165) is 23.3 Å². The van der Waals surface area contributed by atoms with Crippen molar-refractivity contribution in [2.45, 2.75) is 12.7 Å². The van der Waals surface area contributed by atoms with Crippen LogP contribution in [0.1, 0.15) is 21.5 Å². The molecule has 0 aliphatic carbocycles. The van der Waals surface area contributed by atoms with Gasteiger partial charge in [0.15, 0.2) is 5.65 Å². The fourth-order valence-electron chi connectivity index (χ4n) is 3.95. The second-order valence-electron chi connectivity index (χ2n) is 8.29. The average molecular weight is 601 g/mol. The Morgan fingerprint density at radius 1 is 1.00 bits per heavy atom.